The quantitative estimate of drug-likeness (QED) is 0.0712. The normalized spacial score (nSPS) is 26.6. The average Bonchev–Trinajstić information content (AvgIpc) is 3.35. The fraction of sp³-hybridized carbons (Fsp3) is 0.431. The van der Waals surface area contributed by atoms with Crippen LogP contribution in [0.5, 0.6) is 11.5 Å². The van der Waals surface area contributed by atoms with Crippen molar-refractivity contribution in [2.45, 2.75) is 108 Å². The summed E-state index contributed by atoms with van der Waals surface area (Å²) in [6.07, 6.45) is -9.49. The van der Waals surface area contributed by atoms with E-state index in [1.54, 1.807) is 43.3 Å². The van der Waals surface area contributed by atoms with Crippen LogP contribution in [-0.4, -0.2) is 125 Å². The number of benzene rings is 4. The largest absolute Gasteiger partial charge is 1.00 e. The number of anilines is 2. The summed E-state index contributed by atoms with van der Waals surface area (Å²) in [5.41, 5.74) is 6.28. The Balaban J connectivity index is 0.000000271. The van der Waals surface area contributed by atoms with Crippen molar-refractivity contribution in [1.29, 1.82) is 10.5 Å². The van der Waals surface area contributed by atoms with Crippen LogP contribution in [0.15, 0.2) is 72.8 Å². The van der Waals surface area contributed by atoms with Gasteiger partial charge >= 0.3 is 36.8 Å². The topological polar surface area (TPSA) is 298 Å². The Morgan fingerprint density at radius 2 is 1.15 bits per heavy atom. The van der Waals surface area contributed by atoms with Crippen LogP contribution in [0.25, 0.3) is 0 Å². The monoisotopic (exact) mass is 1040 g/mol. The smallest absolute Gasteiger partial charge is 0.870 e. The molecule has 0 radical (unpaired) electrons. The molecule has 22 heteroatoms. The minimum atomic E-state index is -1.45. The first-order valence-corrected chi connectivity index (χ1v) is 23.6. The van der Waals surface area contributed by atoms with Gasteiger partial charge in [0.2, 0.25) is 12.2 Å². The molecule has 0 aromatic heterocycles. The van der Waals surface area contributed by atoms with Crippen LogP contribution in [0, 0.1) is 28.6 Å². The molecule has 73 heavy (non-hydrogen) atoms. The number of hydrogen-bond donors (Lipinski definition) is 6. The molecule has 2 fully saturated rings. The van der Waals surface area contributed by atoms with Crippen molar-refractivity contribution >= 4 is 52.5 Å². The third-order valence-electron chi connectivity index (χ3n) is 12.5. The molecular weight excluding hydrogens is 986 g/mol. The Bertz CT molecular complexity index is 2690. The van der Waals surface area contributed by atoms with Crippen LogP contribution in [-0.2, 0) is 50.9 Å². The molecular formula is C51H55Cl2LiN4O15. The van der Waals surface area contributed by atoms with Gasteiger partial charge in [-0.25, -0.2) is 0 Å². The summed E-state index contributed by atoms with van der Waals surface area (Å²) in [5.74, 6) is -0.794. The van der Waals surface area contributed by atoms with Gasteiger partial charge in [0, 0.05) is 36.7 Å². The van der Waals surface area contributed by atoms with Crippen molar-refractivity contribution in [2.24, 2.45) is 5.92 Å². The van der Waals surface area contributed by atoms with E-state index in [1.807, 2.05) is 36.4 Å². The standard InChI is InChI=1S/C29H31ClN2O8.C22H23ClN2O6.Li.H2O/c1-15-26(14-36-16(2)33)40-28(29(38-18(4)35)27(15)37-17(3)34)20-6-7-23(30)21(11-20)9-19-5-8-25-24(10-19)32-13-22(12-31)39-25;23-15-3-2-12(22-21(29)20(28)19(27)18(10-26)31-22)7-13(15)5-11-1-4-17-16(6-11)25-9-14(8-24)30-17;;/h5-8,10-11,15,22,26-29,32H,9,13-14H2,1-4H3;1-4,6-7,14,18-22,25-29H,5,9-10H2;;1H2/q;;+1;/p-1/t15?,22?,26-,27+,28+,29-;14?,18-,19?,20+,21-,22+;;/m11../s1. The molecule has 4 heterocycles. The van der Waals surface area contributed by atoms with E-state index >= 15 is 0 Å². The molecule has 12 atom stereocenters. The molecule has 4 unspecified atom stereocenters. The molecule has 4 aliphatic heterocycles. The first-order chi connectivity index (χ1) is 34.0. The Hall–Kier alpha value is -5.63. The molecule has 0 spiro atoms. The van der Waals surface area contributed by atoms with E-state index in [0.29, 0.717) is 58.6 Å². The molecule has 0 bridgehead atoms. The van der Waals surface area contributed by atoms with Crippen molar-refractivity contribution in [3.63, 3.8) is 0 Å². The van der Waals surface area contributed by atoms with E-state index in [0.717, 1.165) is 33.6 Å². The summed E-state index contributed by atoms with van der Waals surface area (Å²) in [5, 5.41) is 65.5. The van der Waals surface area contributed by atoms with Crippen LogP contribution in [0.1, 0.15) is 73.3 Å². The number of aliphatic hydroxyl groups excluding tert-OH is 4. The van der Waals surface area contributed by atoms with Crippen molar-refractivity contribution in [1.82, 2.24) is 0 Å². The van der Waals surface area contributed by atoms with E-state index in [4.69, 9.17) is 66.9 Å². The molecule has 4 aromatic rings. The maximum Gasteiger partial charge on any atom is 1.00 e. The van der Waals surface area contributed by atoms with Crippen molar-refractivity contribution in [3.05, 3.63) is 116 Å². The Morgan fingerprint density at radius 1 is 0.671 bits per heavy atom. The first-order valence-electron chi connectivity index (χ1n) is 22.8. The Labute approximate surface area is 443 Å². The van der Waals surface area contributed by atoms with Gasteiger partial charge < -0.3 is 69.7 Å². The van der Waals surface area contributed by atoms with Crippen molar-refractivity contribution in [2.75, 3.05) is 36.9 Å². The maximum absolute atomic E-state index is 12.1. The van der Waals surface area contributed by atoms with E-state index in [9.17, 15) is 34.8 Å². The zero-order valence-electron chi connectivity index (χ0n) is 40.6. The van der Waals surface area contributed by atoms with E-state index in [-0.39, 0.29) is 30.9 Å². The van der Waals surface area contributed by atoms with Gasteiger partial charge in [0.1, 0.15) is 73.0 Å². The number of hydrogen-bond acceptors (Lipinski definition) is 19. The number of carbonyl (C=O) groups excluding carboxylic acids is 3. The number of carbonyl (C=O) groups is 3. The number of fused-ring (bicyclic) bond motifs is 2. The summed E-state index contributed by atoms with van der Waals surface area (Å²) in [4.78, 5) is 35.6. The van der Waals surface area contributed by atoms with Gasteiger partial charge in [-0.3, -0.25) is 14.4 Å². The van der Waals surface area contributed by atoms with Gasteiger partial charge in [0.05, 0.1) is 37.2 Å². The second kappa shape index (κ2) is 26.0. The van der Waals surface area contributed by atoms with Crippen LogP contribution in [0.3, 0.4) is 0 Å². The molecule has 0 saturated carbocycles. The summed E-state index contributed by atoms with van der Waals surface area (Å²) in [6, 6.07) is 26.0. The molecule has 384 valence electrons. The van der Waals surface area contributed by atoms with Gasteiger partial charge in [-0.2, -0.15) is 10.5 Å². The molecule has 0 amide bonds. The van der Waals surface area contributed by atoms with E-state index < -0.39 is 97.6 Å². The predicted octanol–water partition coefficient (Wildman–Crippen LogP) is 2.10. The Morgan fingerprint density at radius 3 is 1.62 bits per heavy atom. The molecule has 7 N–H and O–H groups in total. The van der Waals surface area contributed by atoms with Gasteiger partial charge in [-0.05, 0) is 82.6 Å². The van der Waals surface area contributed by atoms with E-state index in [2.05, 4.69) is 22.8 Å². The van der Waals surface area contributed by atoms with E-state index in [1.165, 1.54) is 20.8 Å². The van der Waals surface area contributed by atoms with Gasteiger partial charge in [-0.15, -0.1) is 0 Å². The summed E-state index contributed by atoms with van der Waals surface area (Å²) in [6.45, 7) is 5.88. The number of rotatable bonds is 11. The fourth-order valence-corrected chi connectivity index (χ4v) is 9.21. The second-order valence-corrected chi connectivity index (χ2v) is 18.4. The number of ether oxygens (including phenoxy) is 7. The Kier molecular flexibility index (Phi) is 20.8. The number of nitriles is 2. The summed E-state index contributed by atoms with van der Waals surface area (Å²) >= 11 is 13.0. The number of esters is 3. The van der Waals surface area contributed by atoms with Crippen LogP contribution in [0.2, 0.25) is 10.0 Å². The van der Waals surface area contributed by atoms with Crippen LogP contribution in [0.4, 0.5) is 11.4 Å². The number of aliphatic hydroxyl groups is 4. The third-order valence-corrected chi connectivity index (χ3v) is 13.2. The molecule has 0 aliphatic carbocycles. The van der Waals surface area contributed by atoms with Crippen LogP contribution < -0.4 is 39.0 Å². The molecule has 4 aromatic carbocycles. The summed E-state index contributed by atoms with van der Waals surface area (Å²) < 4.78 is 39.8. The van der Waals surface area contributed by atoms with Gasteiger partial charge in [0.25, 0.3) is 0 Å². The molecule has 19 nitrogen and oxygen atoms in total. The number of nitrogens with one attached hydrogen (secondary N) is 2. The van der Waals surface area contributed by atoms with Crippen molar-refractivity contribution in [3.8, 4) is 23.6 Å². The second-order valence-electron chi connectivity index (χ2n) is 17.6. The number of nitrogens with zero attached hydrogens (tertiary/aromatic N) is 2. The fourth-order valence-electron chi connectivity index (χ4n) is 8.84. The van der Waals surface area contributed by atoms with Crippen LogP contribution >= 0.6 is 23.2 Å². The zero-order chi connectivity index (χ0) is 51.1. The SMILES string of the molecule is CC(=O)OC[C@H]1O[C@@H](c2ccc(Cl)c(Cc3ccc4c(c3)NCC(C#N)O4)c2)[C@H](OC(C)=O)[C@@H](OC(C)=O)C1C.N#CC1CNc2cc(Cc3cc([C@@H]4O[C@H](CO)C(O)[C@H](O)[C@H]4O)ccc3Cl)ccc2O1.[Li+].[OH-]. The van der Waals surface area contributed by atoms with Gasteiger partial charge in [-0.1, -0.05) is 66.5 Å². The molecule has 4 aliphatic rings. The minimum absolute atomic E-state index is 0. The predicted molar refractivity (Wildman–Crippen MR) is 258 cm³/mol. The van der Waals surface area contributed by atoms with Crippen molar-refractivity contribution < 1.29 is 92.3 Å². The maximum atomic E-state index is 12.1. The zero-order valence-corrected chi connectivity index (χ0v) is 42.1. The minimum Gasteiger partial charge on any atom is -0.870 e. The third kappa shape index (κ3) is 14.2. The average molecular weight is 1040 g/mol. The molecule has 2 saturated heterocycles. The number of halogens is 2. The first kappa shape index (κ1) is 58.3. The molecule has 8 rings (SSSR count). The van der Waals surface area contributed by atoms with Gasteiger partial charge in [0.15, 0.2) is 6.10 Å². The summed E-state index contributed by atoms with van der Waals surface area (Å²) in [7, 11) is 0.